The molecule has 1 N–H and O–H groups in total. The van der Waals surface area contributed by atoms with Gasteiger partial charge >= 0.3 is 5.97 Å². The van der Waals surface area contributed by atoms with Crippen LogP contribution in [0.4, 0.5) is 0 Å². The van der Waals surface area contributed by atoms with Crippen LogP contribution >= 0.6 is 24.0 Å². The quantitative estimate of drug-likeness (QED) is 0.679. The Labute approximate surface area is 142 Å². The fraction of sp³-hybridized carbons (Fsp3) is 0.125. The minimum absolute atomic E-state index is 0.0858. The Balaban J connectivity index is 1.85. The van der Waals surface area contributed by atoms with Gasteiger partial charge in [-0.2, -0.15) is 0 Å². The van der Waals surface area contributed by atoms with Gasteiger partial charge in [0.25, 0.3) is 5.91 Å². The molecule has 1 aliphatic heterocycles. The van der Waals surface area contributed by atoms with E-state index in [1.165, 1.54) is 16.7 Å². The molecule has 0 atom stereocenters. The Morgan fingerprint density at radius 3 is 2.87 bits per heavy atom. The first-order chi connectivity index (χ1) is 11.0. The number of pyridine rings is 1. The van der Waals surface area contributed by atoms with Crippen molar-refractivity contribution in [3.05, 3.63) is 47.0 Å². The maximum Gasteiger partial charge on any atom is 0.305 e. The number of carbonyl (C=O) groups is 2. The summed E-state index contributed by atoms with van der Waals surface area (Å²) in [5, 5.41) is 9.76. The second-order valence-electron chi connectivity index (χ2n) is 4.91. The number of carbonyl (C=O) groups excluding carboxylic acids is 1. The molecule has 1 aromatic carbocycles. The zero-order chi connectivity index (χ0) is 16.4. The fourth-order valence-corrected chi connectivity index (χ4v) is 3.49. The van der Waals surface area contributed by atoms with Crippen LogP contribution in [0.25, 0.3) is 17.0 Å². The van der Waals surface area contributed by atoms with Crippen LogP contribution in [0.3, 0.4) is 0 Å². The second kappa shape index (κ2) is 6.47. The standard InChI is InChI=1S/C16H12N2O3S2/c19-14(20)7-8-18-15(21)13(23-16(18)22)9-11-6-5-10-3-1-2-4-12(10)17-11/h1-6,9H,7-8H2,(H,19,20)/b13-9+. The lowest BCUT2D eigenvalue weighted by Gasteiger charge is -2.12. The summed E-state index contributed by atoms with van der Waals surface area (Å²) in [6.45, 7) is 0.0858. The van der Waals surface area contributed by atoms with Crippen molar-refractivity contribution in [1.29, 1.82) is 0 Å². The highest BCUT2D eigenvalue weighted by molar-refractivity contribution is 8.26. The zero-order valence-electron chi connectivity index (χ0n) is 11.9. The van der Waals surface area contributed by atoms with Crippen LogP contribution in [0.2, 0.25) is 0 Å². The molecule has 1 amide bonds. The molecule has 1 aliphatic rings. The molecule has 5 nitrogen and oxygen atoms in total. The molecule has 0 bridgehead atoms. The van der Waals surface area contributed by atoms with E-state index < -0.39 is 5.97 Å². The van der Waals surface area contributed by atoms with Crippen LogP contribution < -0.4 is 0 Å². The van der Waals surface area contributed by atoms with Crippen molar-refractivity contribution < 1.29 is 14.7 Å². The first-order valence-corrected chi connectivity index (χ1v) is 8.10. The molecule has 0 radical (unpaired) electrons. The molecule has 116 valence electrons. The minimum Gasteiger partial charge on any atom is -0.481 e. The summed E-state index contributed by atoms with van der Waals surface area (Å²) in [5.74, 6) is -1.23. The fourth-order valence-electron chi connectivity index (χ4n) is 2.20. The summed E-state index contributed by atoms with van der Waals surface area (Å²) in [5.41, 5.74) is 1.52. The third kappa shape index (κ3) is 3.40. The summed E-state index contributed by atoms with van der Waals surface area (Å²) < 4.78 is 0.378. The van der Waals surface area contributed by atoms with Gasteiger partial charge in [-0.15, -0.1) is 0 Å². The highest BCUT2D eigenvalue weighted by atomic mass is 32.2. The normalized spacial score (nSPS) is 16.5. The molecule has 0 unspecified atom stereocenters. The van der Waals surface area contributed by atoms with E-state index in [0.29, 0.717) is 14.9 Å². The molecular formula is C16H12N2O3S2. The maximum atomic E-state index is 12.3. The molecule has 3 rings (SSSR count). The summed E-state index contributed by atoms with van der Waals surface area (Å²) in [7, 11) is 0. The van der Waals surface area contributed by atoms with Gasteiger partial charge in [0.2, 0.25) is 0 Å². The Bertz CT molecular complexity index is 848. The molecule has 7 heteroatoms. The van der Waals surface area contributed by atoms with Crippen molar-refractivity contribution in [3.8, 4) is 0 Å². The molecule has 0 spiro atoms. The van der Waals surface area contributed by atoms with E-state index in [0.717, 1.165) is 10.9 Å². The molecule has 1 saturated heterocycles. The van der Waals surface area contributed by atoms with Crippen molar-refractivity contribution in [3.63, 3.8) is 0 Å². The number of carboxylic acid groups (broad SMARTS) is 1. The number of para-hydroxylation sites is 1. The number of benzene rings is 1. The largest absolute Gasteiger partial charge is 0.481 e. The number of carboxylic acids is 1. The van der Waals surface area contributed by atoms with E-state index >= 15 is 0 Å². The smallest absolute Gasteiger partial charge is 0.305 e. The summed E-state index contributed by atoms with van der Waals surface area (Å²) in [6.07, 6.45) is 1.56. The lowest BCUT2D eigenvalue weighted by Crippen LogP contribution is -2.30. The van der Waals surface area contributed by atoms with Gasteiger partial charge in [-0.1, -0.05) is 48.2 Å². The number of rotatable bonds is 4. The number of nitrogens with zero attached hydrogens (tertiary/aromatic N) is 2. The van der Waals surface area contributed by atoms with Gasteiger partial charge in [-0.05, 0) is 18.2 Å². The van der Waals surface area contributed by atoms with Crippen LogP contribution in [-0.2, 0) is 9.59 Å². The number of thioether (sulfide) groups is 1. The molecule has 1 fully saturated rings. The van der Waals surface area contributed by atoms with E-state index in [9.17, 15) is 9.59 Å². The van der Waals surface area contributed by atoms with Gasteiger partial charge in [0.1, 0.15) is 4.32 Å². The number of thiocarbonyl (C=S) groups is 1. The monoisotopic (exact) mass is 344 g/mol. The highest BCUT2D eigenvalue weighted by Crippen LogP contribution is 2.32. The third-order valence-corrected chi connectivity index (χ3v) is 4.70. The number of hydrogen-bond acceptors (Lipinski definition) is 5. The SMILES string of the molecule is O=C(O)CCN1C(=O)/C(=C\c2ccc3ccccc3n2)SC1=S. The molecular weight excluding hydrogens is 332 g/mol. The minimum atomic E-state index is -0.959. The first kappa shape index (κ1) is 15.6. The average Bonchev–Trinajstić information content (AvgIpc) is 2.79. The van der Waals surface area contributed by atoms with Gasteiger partial charge in [0.15, 0.2) is 0 Å². The lowest BCUT2D eigenvalue weighted by molar-refractivity contribution is -0.137. The lowest BCUT2D eigenvalue weighted by atomic mass is 10.2. The van der Waals surface area contributed by atoms with E-state index in [2.05, 4.69) is 4.98 Å². The van der Waals surface area contributed by atoms with Crippen molar-refractivity contribution >= 4 is 57.2 Å². The Hall–Kier alpha value is -2.25. The highest BCUT2D eigenvalue weighted by Gasteiger charge is 2.32. The Kier molecular flexibility index (Phi) is 4.40. The van der Waals surface area contributed by atoms with Crippen LogP contribution in [-0.4, -0.2) is 37.7 Å². The topological polar surface area (TPSA) is 70.5 Å². The number of fused-ring (bicyclic) bond motifs is 1. The molecule has 2 heterocycles. The molecule has 23 heavy (non-hydrogen) atoms. The van der Waals surface area contributed by atoms with Crippen LogP contribution in [0, 0.1) is 0 Å². The van der Waals surface area contributed by atoms with Gasteiger partial charge in [-0.25, -0.2) is 4.98 Å². The second-order valence-corrected chi connectivity index (χ2v) is 6.58. The number of aliphatic carboxylic acids is 1. The third-order valence-electron chi connectivity index (χ3n) is 3.32. The van der Waals surface area contributed by atoms with E-state index in [1.54, 1.807) is 6.08 Å². The summed E-state index contributed by atoms with van der Waals surface area (Å²) >= 11 is 6.32. The molecule has 0 saturated carbocycles. The number of amides is 1. The van der Waals surface area contributed by atoms with Crippen LogP contribution in [0.5, 0.6) is 0 Å². The molecule has 2 aromatic rings. The van der Waals surface area contributed by atoms with Crippen molar-refractivity contribution in [2.45, 2.75) is 6.42 Å². The molecule has 1 aromatic heterocycles. The Morgan fingerprint density at radius 2 is 2.09 bits per heavy atom. The summed E-state index contributed by atoms with van der Waals surface area (Å²) in [6, 6.07) is 11.5. The average molecular weight is 344 g/mol. The van der Waals surface area contributed by atoms with Gasteiger partial charge in [-0.3, -0.25) is 14.5 Å². The predicted molar refractivity (Wildman–Crippen MR) is 93.9 cm³/mol. The first-order valence-electron chi connectivity index (χ1n) is 6.87. The predicted octanol–water partition coefficient (Wildman–Crippen LogP) is 2.91. The van der Waals surface area contributed by atoms with Crippen LogP contribution in [0.15, 0.2) is 41.3 Å². The van der Waals surface area contributed by atoms with Gasteiger partial charge < -0.3 is 5.11 Å². The van der Waals surface area contributed by atoms with E-state index in [4.69, 9.17) is 17.3 Å². The van der Waals surface area contributed by atoms with Crippen molar-refractivity contribution in [2.75, 3.05) is 6.54 Å². The van der Waals surface area contributed by atoms with Gasteiger partial charge in [0, 0.05) is 11.9 Å². The maximum absolute atomic E-state index is 12.3. The van der Waals surface area contributed by atoms with E-state index in [-0.39, 0.29) is 18.9 Å². The van der Waals surface area contributed by atoms with Crippen molar-refractivity contribution in [1.82, 2.24) is 9.88 Å². The van der Waals surface area contributed by atoms with E-state index in [1.807, 2.05) is 36.4 Å². The molecule has 0 aliphatic carbocycles. The number of aromatic nitrogens is 1. The Morgan fingerprint density at radius 1 is 1.30 bits per heavy atom. The zero-order valence-corrected chi connectivity index (χ0v) is 13.6. The van der Waals surface area contributed by atoms with Gasteiger partial charge in [0.05, 0.1) is 22.5 Å². The van der Waals surface area contributed by atoms with Crippen LogP contribution in [0.1, 0.15) is 12.1 Å². The summed E-state index contributed by atoms with van der Waals surface area (Å²) in [4.78, 5) is 29.3. The van der Waals surface area contributed by atoms with Crippen molar-refractivity contribution in [2.24, 2.45) is 0 Å². The number of hydrogen-bond donors (Lipinski definition) is 1.